The number of benzene rings is 1. The fourth-order valence-electron chi connectivity index (χ4n) is 2.15. The molecule has 0 bridgehead atoms. The molecule has 112 valence electrons. The quantitative estimate of drug-likeness (QED) is 0.536. The zero-order valence-corrected chi connectivity index (χ0v) is 12.1. The topological polar surface area (TPSA) is 78.6 Å². The van der Waals surface area contributed by atoms with Gasteiger partial charge in [0.2, 0.25) is 0 Å². The van der Waals surface area contributed by atoms with Gasteiger partial charge in [-0.05, 0) is 31.5 Å². The van der Waals surface area contributed by atoms with E-state index in [-0.39, 0.29) is 17.2 Å². The Balaban J connectivity index is 2.89. The molecule has 6 heteroatoms. The summed E-state index contributed by atoms with van der Waals surface area (Å²) >= 11 is 0. The van der Waals surface area contributed by atoms with E-state index in [2.05, 4.69) is 17.1 Å². The van der Waals surface area contributed by atoms with Crippen molar-refractivity contribution in [2.75, 3.05) is 31.6 Å². The van der Waals surface area contributed by atoms with Crippen molar-refractivity contribution in [3.63, 3.8) is 0 Å². The highest BCUT2D eigenvalue weighted by Gasteiger charge is 2.15. The van der Waals surface area contributed by atoms with Gasteiger partial charge in [-0.25, -0.2) is 0 Å². The van der Waals surface area contributed by atoms with Gasteiger partial charge in [-0.2, -0.15) is 0 Å². The van der Waals surface area contributed by atoms with Gasteiger partial charge in [0.15, 0.2) is 0 Å². The summed E-state index contributed by atoms with van der Waals surface area (Å²) in [7, 11) is 0. The number of hydrogen-bond donors (Lipinski definition) is 2. The van der Waals surface area contributed by atoms with Gasteiger partial charge in [0.05, 0.1) is 11.5 Å². The van der Waals surface area contributed by atoms with E-state index >= 15 is 0 Å². The van der Waals surface area contributed by atoms with Gasteiger partial charge in [-0.3, -0.25) is 15.0 Å². The number of nitrogens with one attached hydrogen (secondary N) is 1. The lowest BCUT2D eigenvalue weighted by molar-refractivity contribution is -0.384. The van der Waals surface area contributed by atoms with Crippen molar-refractivity contribution in [2.45, 2.75) is 26.8 Å². The second-order valence-corrected chi connectivity index (χ2v) is 4.64. The predicted octanol–water partition coefficient (Wildman–Crippen LogP) is 2.23. The molecule has 0 saturated carbocycles. The average Bonchev–Trinajstić information content (AvgIpc) is 2.41. The monoisotopic (exact) mass is 281 g/mol. The Bertz CT molecular complexity index is 432. The largest absolute Gasteiger partial charge is 0.395 e. The molecule has 20 heavy (non-hydrogen) atoms. The molecule has 0 aliphatic rings. The fourth-order valence-corrected chi connectivity index (χ4v) is 2.15. The van der Waals surface area contributed by atoms with Gasteiger partial charge in [-0.1, -0.05) is 13.0 Å². The van der Waals surface area contributed by atoms with Crippen LogP contribution in [0.3, 0.4) is 0 Å². The second kappa shape index (κ2) is 8.50. The number of aliphatic hydroxyl groups is 1. The fraction of sp³-hybridized carbons (Fsp3) is 0.571. The molecule has 1 rings (SSSR count). The Kier molecular flexibility index (Phi) is 6.97. The van der Waals surface area contributed by atoms with E-state index in [1.54, 1.807) is 12.1 Å². The molecule has 0 aliphatic carbocycles. The highest BCUT2D eigenvalue weighted by Crippen LogP contribution is 2.26. The second-order valence-electron chi connectivity index (χ2n) is 4.64. The number of nitro groups is 1. The van der Waals surface area contributed by atoms with Crippen LogP contribution in [0.4, 0.5) is 11.4 Å². The summed E-state index contributed by atoms with van der Waals surface area (Å²) in [6.07, 6.45) is 0.984. The third-order valence-electron chi connectivity index (χ3n) is 2.99. The Morgan fingerprint density at radius 3 is 2.65 bits per heavy atom. The molecule has 0 spiro atoms. The lowest BCUT2D eigenvalue weighted by Gasteiger charge is -2.20. The third kappa shape index (κ3) is 4.79. The molecule has 0 atom stereocenters. The maximum Gasteiger partial charge on any atom is 0.292 e. The molecule has 1 aromatic rings. The van der Waals surface area contributed by atoms with Crippen LogP contribution in [0.2, 0.25) is 0 Å². The summed E-state index contributed by atoms with van der Waals surface area (Å²) in [5, 5.41) is 23.1. The Hall–Kier alpha value is -1.66. The Labute approximate surface area is 119 Å². The van der Waals surface area contributed by atoms with Crippen molar-refractivity contribution >= 4 is 11.4 Å². The van der Waals surface area contributed by atoms with E-state index < -0.39 is 0 Å². The van der Waals surface area contributed by atoms with Crippen LogP contribution in [-0.4, -0.2) is 41.2 Å². The smallest absolute Gasteiger partial charge is 0.292 e. The van der Waals surface area contributed by atoms with E-state index in [1.165, 1.54) is 0 Å². The van der Waals surface area contributed by atoms with Crippen LogP contribution >= 0.6 is 0 Å². The summed E-state index contributed by atoms with van der Waals surface area (Å²) in [5.41, 5.74) is 1.54. The van der Waals surface area contributed by atoms with E-state index in [1.807, 2.05) is 13.0 Å². The standard InChI is InChI=1S/C14H23N3O3/c1-3-7-16(8-9-18)11-12-5-6-13(15-4-2)14(10-12)17(19)20/h5-6,10,15,18H,3-4,7-9,11H2,1-2H3. The first-order chi connectivity index (χ1) is 9.62. The van der Waals surface area contributed by atoms with Crippen LogP contribution in [0.1, 0.15) is 25.8 Å². The summed E-state index contributed by atoms with van der Waals surface area (Å²) in [6.45, 7) is 6.77. The van der Waals surface area contributed by atoms with E-state index in [0.29, 0.717) is 25.3 Å². The summed E-state index contributed by atoms with van der Waals surface area (Å²) in [6, 6.07) is 5.25. The summed E-state index contributed by atoms with van der Waals surface area (Å²) < 4.78 is 0. The minimum atomic E-state index is -0.363. The summed E-state index contributed by atoms with van der Waals surface area (Å²) in [4.78, 5) is 12.8. The van der Waals surface area contributed by atoms with Crippen LogP contribution < -0.4 is 5.32 Å². The highest BCUT2D eigenvalue weighted by molar-refractivity contribution is 5.62. The minimum Gasteiger partial charge on any atom is -0.395 e. The molecule has 0 amide bonds. The van der Waals surface area contributed by atoms with Crippen LogP contribution in [0.25, 0.3) is 0 Å². The summed E-state index contributed by atoms with van der Waals surface area (Å²) in [5.74, 6) is 0. The van der Waals surface area contributed by atoms with Crippen molar-refractivity contribution in [3.8, 4) is 0 Å². The van der Waals surface area contributed by atoms with Crippen molar-refractivity contribution < 1.29 is 10.0 Å². The Morgan fingerprint density at radius 1 is 1.35 bits per heavy atom. The minimum absolute atomic E-state index is 0.0948. The van der Waals surface area contributed by atoms with Crippen LogP contribution in [0, 0.1) is 10.1 Å². The molecule has 0 unspecified atom stereocenters. The molecule has 0 aliphatic heterocycles. The first kappa shape index (κ1) is 16.4. The molecule has 6 nitrogen and oxygen atoms in total. The zero-order chi connectivity index (χ0) is 15.0. The first-order valence-electron chi connectivity index (χ1n) is 6.96. The van der Waals surface area contributed by atoms with Gasteiger partial charge in [0, 0.05) is 25.7 Å². The zero-order valence-electron chi connectivity index (χ0n) is 12.1. The van der Waals surface area contributed by atoms with Gasteiger partial charge in [-0.15, -0.1) is 0 Å². The van der Waals surface area contributed by atoms with Gasteiger partial charge >= 0.3 is 0 Å². The van der Waals surface area contributed by atoms with Crippen LogP contribution in [-0.2, 0) is 6.54 Å². The molecule has 0 radical (unpaired) electrons. The van der Waals surface area contributed by atoms with Crippen LogP contribution in [0.5, 0.6) is 0 Å². The van der Waals surface area contributed by atoms with Crippen molar-refractivity contribution in [1.29, 1.82) is 0 Å². The number of nitrogens with zero attached hydrogens (tertiary/aromatic N) is 2. The van der Waals surface area contributed by atoms with Crippen molar-refractivity contribution in [1.82, 2.24) is 4.90 Å². The van der Waals surface area contributed by atoms with E-state index in [9.17, 15) is 10.1 Å². The normalized spacial score (nSPS) is 10.8. The number of aliphatic hydroxyl groups excluding tert-OH is 1. The maximum absolute atomic E-state index is 11.1. The number of rotatable bonds is 9. The Morgan fingerprint density at radius 2 is 2.10 bits per heavy atom. The van der Waals surface area contributed by atoms with E-state index in [4.69, 9.17) is 5.11 Å². The van der Waals surface area contributed by atoms with Crippen molar-refractivity contribution in [2.24, 2.45) is 0 Å². The lowest BCUT2D eigenvalue weighted by atomic mass is 10.1. The van der Waals surface area contributed by atoms with Crippen LogP contribution in [0.15, 0.2) is 18.2 Å². The first-order valence-corrected chi connectivity index (χ1v) is 6.96. The number of hydrogen-bond acceptors (Lipinski definition) is 5. The maximum atomic E-state index is 11.1. The molecule has 1 aromatic carbocycles. The average molecular weight is 281 g/mol. The third-order valence-corrected chi connectivity index (χ3v) is 2.99. The molecular weight excluding hydrogens is 258 g/mol. The van der Waals surface area contributed by atoms with Gasteiger partial charge in [0.25, 0.3) is 5.69 Å². The van der Waals surface area contributed by atoms with Gasteiger partial charge in [0.1, 0.15) is 5.69 Å². The van der Waals surface area contributed by atoms with E-state index in [0.717, 1.165) is 18.5 Å². The number of anilines is 1. The van der Waals surface area contributed by atoms with Gasteiger partial charge < -0.3 is 10.4 Å². The molecule has 0 heterocycles. The molecular formula is C14H23N3O3. The molecule has 2 N–H and O–H groups in total. The van der Waals surface area contributed by atoms with Crippen molar-refractivity contribution in [3.05, 3.63) is 33.9 Å². The molecule has 0 aromatic heterocycles. The predicted molar refractivity (Wildman–Crippen MR) is 79.9 cm³/mol. The lowest BCUT2D eigenvalue weighted by Crippen LogP contribution is -2.27. The molecule has 0 saturated heterocycles. The SMILES string of the molecule is CCCN(CCO)Cc1ccc(NCC)c([N+](=O)[O-])c1. The number of nitro benzene ring substituents is 1. The highest BCUT2D eigenvalue weighted by atomic mass is 16.6. The molecule has 0 fully saturated rings.